The summed E-state index contributed by atoms with van der Waals surface area (Å²) in [5.74, 6) is -0.259. The lowest BCUT2D eigenvalue weighted by atomic mass is 10.4. The highest BCUT2D eigenvalue weighted by Gasteiger charge is 2.14. The lowest BCUT2D eigenvalue weighted by molar-refractivity contribution is -0.138. The van der Waals surface area contributed by atoms with Gasteiger partial charge in [-0.3, -0.25) is 9.59 Å². The molecule has 0 fully saturated rings. The average Bonchev–Trinajstić information content (AvgIpc) is 2.18. The first-order valence-corrected chi connectivity index (χ1v) is 4.78. The molecule has 90 valence electrons. The molecule has 0 atom stereocenters. The van der Waals surface area contributed by atoms with Crippen molar-refractivity contribution >= 4 is 24.2 Å². The molecule has 0 aliphatic heterocycles. The van der Waals surface area contributed by atoms with Gasteiger partial charge in [-0.1, -0.05) is 0 Å². The topological polar surface area (TPSA) is 66.6 Å². The van der Waals surface area contributed by atoms with E-state index in [0.717, 1.165) is 0 Å². The molecule has 0 aromatic heterocycles. The molecule has 0 rings (SSSR count). The Hall–Kier alpha value is -0.810. The van der Waals surface area contributed by atoms with Gasteiger partial charge in [0.05, 0.1) is 13.1 Å². The van der Waals surface area contributed by atoms with E-state index in [1.165, 1.54) is 4.90 Å². The van der Waals surface area contributed by atoms with Gasteiger partial charge in [0.2, 0.25) is 11.8 Å². The molecule has 6 heteroatoms. The second-order valence-electron chi connectivity index (χ2n) is 3.02. The molecule has 0 spiro atoms. The second kappa shape index (κ2) is 8.49. The average molecular weight is 238 g/mol. The van der Waals surface area contributed by atoms with Crippen LogP contribution in [0.5, 0.6) is 0 Å². The first-order valence-electron chi connectivity index (χ1n) is 4.78. The Labute approximate surface area is 97.0 Å². The van der Waals surface area contributed by atoms with Crippen LogP contribution in [-0.2, 0) is 9.59 Å². The summed E-state index contributed by atoms with van der Waals surface area (Å²) in [7, 11) is 1.58. The van der Waals surface area contributed by atoms with Gasteiger partial charge in [0.1, 0.15) is 0 Å². The summed E-state index contributed by atoms with van der Waals surface area (Å²) in [5, 5.41) is 0. The molecular weight excluding hydrogens is 218 g/mol. The van der Waals surface area contributed by atoms with E-state index in [2.05, 4.69) is 0 Å². The smallest absolute Gasteiger partial charge is 0.242 e. The maximum absolute atomic E-state index is 11.5. The number of carbonyl (C=O) groups is 2. The third-order valence-corrected chi connectivity index (χ3v) is 2.09. The summed E-state index contributed by atoms with van der Waals surface area (Å²) in [4.78, 5) is 25.6. The van der Waals surface area contributed by atoms with Crippen LogP contribution >= 0.6 is 12.4 Å². The number of halogens is 1. The number of nitrogens with two attached hydrogens (primary N) is 1. The SMILES string of the molecule is CCN(CC)C(=O)CN(C)C(=O)CN.Cl. The van der Waals surface area contributed by atoms with Crippen molar-refractivity contribution in [1.29, 1.82) is 0 Å². The molecule has 0 heterocycles. The summed E-state index contributed by atoms with van der Waals surface area (Å²) in [6.45, 7) is 5.21. The van der Waals surface area contributed by atoms with Crippen molar-refractivity contribution in [2.24, 2.45) is 5.73 Å². The van der Waals surface area contributed by atoms with Crippen molar-refractivity contribution in [2.75, 3.05) is 33.2 Å². The van der Waals surface area contributed by atoms with Gasteiger partial charge in [0.15, 0.2) is 0 Å². The quantitative estimate of drug-likeness (QED) is 0.714. The van der Waals surface area contributed by atoms with Crippen LogP contribution in [0.25, 0.3) is 0 Å². The molecule has 0 bridgehead atoms. The Morgan fingerprint density at radius 1 is 1.13 bits per heavy atom. The molecule has 0 radical (unpaired) electrons. The van der Waals surface area contributed by atoms with E-state index < -0.39 is 0 Å². The normalized spacial score (nSPS) is 9.07. The van der Waals surface area contributed by atoms with Crippen LogP contribution in [0.2, 0.25) is 0 Å². The summed E-state index contributed by atoms with van der Waals surface area (Å²) in [5.41, 5.74) is 5.17. The van der Waals surface area contributed by atoms with Gasteiger partial charge in [-0.2, -0.15) is 0 Å². The van der Waals surface area contributed by atoms with Crippen LogP contribution in [0.15, 0.2) is 0 Å². The van der Waals surface area contributed by atoms with Gasteiger partial charge in [-0.15, -0.1) is 12.4 Å². The molecular formula is C9H20ClN3O2. The van der Waals surface area contributed by atoms with Crippen LogP contribution < -0.4 is 5.73 Å². The Bertz CT molecular complexity index is 208. The highest BCUT2D eigenvalue weighted by Crippen LogP contribution is 1.92. The largest absolute Gasteiger partial charge is 0.342 e. The fraction of sp³-hybridized carbons (Fsp3) is 0.778. The summed E-state index contributed by atoms with van der Waals surface area (Å²) >= 11 is 0. The van der Waals surface area contributed by atoms with E-state index >= 15 is 0 Å². The van der Waals surface area contributed by atoms with Crippen LogP contribution in [0.1, 0.15) is 13.8 Å². The van der Waals surface area contributed by atoms with Crippen LogP contribution in [0.3, 0.4) is 0 Å². The Balaban J connectivity index is 0. The molecule has 0 aromatic rings. The van der Waals surface area contributed by atoms with Crippen molar-refractivity contribution in [1.82, 2.24) is 9.80 Å². The van der Waals surface area contributed by atoms with Crippen molar-refractivity contribution < 1.29 is 9.59 Å². The minimum atomic E-state index is -0.217. The number of carbonyl (C=O) groups excluding carboxylic acids is 2. The third kappa shape index (κ3) is 5.59. The molecule has 5 nitrogen and oxygen atoms in total. The van der Waals surface area contributed by atoms with Crippen molar-refractivity contribution in [3.63, 3.8) is 0 Å². The van der Waals surface area contributed by atoms with Gasteiger partial charge in [-0.25, -0.2) is 0 Å². The zero-order valence-electron chi connectivity index (χ0n) is 9.52. The van der Waals surface area contributed by atoms with Crippen molar-refractivity contribution in [3.05, 3.63) is 0 Å². The van der Waals surface area contributed by atoms with Crippen LogP contribution in [0.4, 0.5) is 0 Å². The van der Waals surface area contributed by atoms with E-state index in [0.29, 0.717) is 13.1 Å². The first-order chi connectivity index (χ1) is 6.56. The van der Waals surface area contributed by atoms with E-state index in [9.17, 15) is 9.59 Å². The number of likely N-dealkylation sites (N-methyl/N-ethyl adjacent to an activating group) is 2. The number of nitrogens with zero attached hydrogens (tertiary/aromatic N) is 2. The molecule has 0 saturated heterocycles. The molecule has 15 heavy (non-hydrogen) atoms. The highest BCUT2D eigenvalue weighted by atomic mass is 35.5. The molecule has 0 unspecified atom stereocenters. The van der Waals surface area contributed by atoms with E-state index in [1.54, 1.807) is 11.9 Å². The van der Waals surface area contributed by atoms with Gasteiger partial charge >= 0.3 is 0 Å². The summed E-state index contributed by atoms with van der Waals surface area (Å²) < 4.78 is 0. The van der Waals surface area contributed by atoms with E-state index in [4.69, 9.17) is 5.73 Å². The molecule has 0 saturated carbocycles. The Morgan fingerprint density at radius 2 is 1.60 bits per heavy atom. The van der Waals surface area contributed by atoms with Crippen molar-refractivity contribution in [2.45, 2.75) is 13.8 Å². The zero-order valence-corrected chi connectivity index (χ0v) is 10.3. The minimum absolute atomic E-state index is 0. The summed E-state index contributed by atoms with van der Waals surface area (Å²) in [6.07, 6.45) is 0. The monoisotopic (exact) mass is 237 g/mol. The predicted octanol–water partition coefficient (Wildman–Crippen LogP) is -0.306. The summed E-state index contributed by atoms with van der Waals surface area (Å²) in [6, 6.07) is 0. The number of hydrogen-bond acceptors (Lipinski definition) is 3. The molecule has 0 aliphatic rings. The van der Waals surface area contributed by atoms with Gasteiger partial charge < -0.3 is 15.5 Å². The van der Waals surface area contributed by atoms with Crippen molar-refractivity contribution in [3.8, 4) is 0 Å². The lowest BCUT2D eigenvalue weighted by Crippen LogP contribution is -2.42. The van der Waals surface area contributed by atoms with E-state index in [-0.39, 0.29) is 37.3 Å². The van der Waals surface area contributed by atoms with Crippen LogP contribution in [-0.4, -0.2) is 54.8 Å². The standard InChI is InChI=1S/C9H19N3O2.ClH/c1-4-12(5-2)9(14)7-11(3)8(13)6-10;/h4-7,10H2,1-3H3;1H. The molecule has 0 aliphatic carbocycles. The number of hydrogen-bond donors (Lipinski definition) is 1. The fourth-order valence-electron chi connectivity index (χ4n) is 1.12. The molecule has 2 amide bonds. The Morgan fingerprint density at radius 3 is 1.93 bits per heavy atom. The highest BCUT2D eigenvalue weighted by molar-refractivity contribution is 5.85. The van der Waals surface area contributed by atoms with Gasteiger partial charge in [0.25, 0.3) is 0 Å². The Kier molecular flexibility index (Phi) is 9.41. The molecule has 0 aromatic carbocycles. The second-order valence-corrected chi connectivity index (χ2v) is 3.02. The number of amides is 2. The maximum Gasteiger partial charge on any atom is 0.242 e. The van der Waals surface area contributed by atoms with Gasteiger partial charge in [-0.05, 0) is 13.8 Å². The van der Waals surface area contributed by atoms with Gasteiger partial charge in [0, 0.05) is 20.1 Å². The van der Waals surface area contributed by atoms with Crippen LogP contribution in [0, 0.1) is 0 Å². The molecule has 2 N–H and O–H groups in total. The maximum atomic E-state index is 11.5. The zero-order chi connectivity index (χ0) is 11.1. The number of rotatable bonds is 5. The minimum Gasteiger partial charge on any atom is -0.342 e. The lowest BCUT2D eigenvalue weighted by Gasteiger charge is -2.22. The van der Waals surface area contributed by atoms with E-state index in [1.807, 2.05) is 13.8 Å². The fourth-order valence-corrected chi connectivity index (χ4v) is 1.12. The first kappa shape index (κ1) is 16.6. The third-order valence-electron chi connectivity index (χ3n) is 2.09. The predicted molar refractivity (Wildman–Crippen MR) is 61.9 cm³/mol.